The normalized spacial score (nSPS) is 13.7. The number of amides is 1. The minimum Gasteiger partial charge on any atom is -0.506 e. The van der Waals surface area contributed by atoms with Gasteiger partial charge in [-0.1, -0.05) is 32.8 Å². The third kappa shape index (κ3) is 5.61. The van der Waals surface area contributed by atoms with E-state index in [9.17, 15) is 9.90 Å². The first-order chi connectivity index (χ1) is 12.0. The minimum absolute atomic E-state index is 0.00228. The van der Waals surface area contributed by atoms with Crippen LogP contribution in [0.15, 0.2) is 12.1 Å². The Morgan fingerprint density at radius 1 is 1.32 bits per heavy atom. The van der Waals surface area contributed by atoms with Gasteiger partial charge in [-0.2, -0.15) is 0 Å². The molecule has 140 valence electrons. The number of likely N-dealkylation sites (N-methyl/N-ethyl adjacent to an activating group) is 1. The Kier molecular flexibility index (Phi) is 7.52. The maximum absolute atomic E-state index is 11.4. The lowest BCUT2D eigenvalue weighted by molar-refractivity contribution is -0.118. The molecule has 0 bridgehead atoms. The largest absolute Gasteiger partial charge is 0.506 e. The molecule has 1 aromatic rings. The van der Waals surface area contributed by atoms with E-state index in [1.807, 2.05) is 6.07 Å². The van der Waals surface area contributed by atoms with Gasteiger partial charge in [0.15, 0.2) is 12.4 Å². The number of aromatic hydroxyl groups is 1. The van der Waals surface area contributed by atoms with Crippen LogP contribution in [-0.2, 0) is 11.2 Å². The lowest BCUT2D eigenvalue weighted by atomic mass is 10.0. The Morgan fingerprint density at radius 2 is 2.08 bits per heavy atom. The molecule has 1 aliphatic heterocycles. The quantitative estimate of drug-likeness (QED) is 0.446. The molecule has 0 aliphatic carbocycles. The molecule has 0 radical (unpaired) electrons. The second kappa shape index (κ2) is 9.63. The Morgan fingerprint density at radius 3 is 2.80 bits per heavy atom. The minimum atomic E-state index is -0.237. The number of hydrogen-bond donors (Lipinski definition) is 3. The number of ether oxygens (including phenoxy) is 1. The first kappa shape index (κ1) is 19.5. The standard InChI is InChI=1S/C19H31N3O3/c1-4-14(5-2)12-22(3)11-10-20-9-8-15-6-7-16(23)18-19(15)25-13-17(24)21-18/h6-7,14,20,23H,4-5,8-13H2,1-3H3,(H,21,24). The average molecular weight is 349 g/mol. The predicted molar refractivity (Wildman–Crippen MR) is 100 cm³/mol. The predicted octanol–water partition coefficient (Wildman–Crippen LogP) is 2.22. The van der Waals surface area contributed by atoms with Crippen molar-refractivity contribution in [1.82, 2.24) is 10.2 Å². The van der Waals surface area contributed by atoms with Crippen molar-refractivity contribution in [2.75, 3.05) is 45.2 Å². The number of nitrogens with one attached hydrogen (secondary N) is 2. The van der Waals surface area contributed by atoms with Crippen molar-refractivity contribution in [2.24, 2.45) is 5.92 Å². The van der Waals surface area contributed by atoms with E-state index in [1.165, 1.54) is 12.8 Å². The third-order valence-corrected chi connectivity index (χ3v) is 4.80. The first-order valence-corrected chi connectivity index (χ1v) is 9.21. The summed E-state index contributed by atoms with van der Waals surface area (Å²) in [6.07, 6.45) is 3.25. The highest BCUT2D eigenvalue weighted by Crippen LogP contribution is 2.39. The summed E-state index contributed by atoms with van der Waals surface area (Å²) < 4.78 is 5.50. The molecule has 0 aromatic heterocycles. The van der Waals surface area contributed by atoms with Crippen molar-refractivity contribution in [3.63, 3.8) is 0 Å². The Bertz CT molecular complexity index is 573. The fourth-order valence-electron chi connectivity index (χ4n) is 3.11. The topological polar surface area (TPSA) is 73.8 Å². The number of carbonyl (C=O) groups excluding carboxylic acids is 1. The molecule has 2 rings (SSSR count). The fraction of sp³-hybridized carbons (Fsp3) is 0.632. The molecule has 0 fully saturated rings. The summed E-state index contributed by atoms with van der Waals surface area (Å²) in [7, 11) is 2.17. The molecule has 6 heteroatoms. The van der Waals surface area contributed by atoms with Crippen LogP contribution in [0.1, 0.15) is 32.3 Å². The molecule has 0 saturated carbocycles. The zero-order chi connectivity index (χ0) is 18.2. The zero-order valence-corrected chi connectivity index (χ0v) is 15.6. The number of rotatable bonds is 10. The van der Waals surface area contributed by atoms with Gasteiger partial charge >= 0.3 is 0 Å². The van der Waals surface area contributed by atoms with E-state index in [-0.39, 0.29) is 18.3 Å². The molecule has 0 saturated heterocycles. The van der Waals surface area contributed by atoms with Crippen molar-refractivity contribution in [1.29, 1.82) is 0 Å². The number of carbonyl (C=O) groups is 1. The van der Waals surface area contributed by atoms with Crippen LogP contribution in [0.5, 0.6) is 11.5 Å². The number of phenols is 1. The second-order valence-corrected chi connectivity index (χ2v) is 6.73. The number of benzene rings is 1. The SMILES string of the molecule is CCC(CC)CN(C)CCNCCc1ccc(O)c2c1OCC(=O)N2. The zero-order valence-electron chi connectivity index (χ0n) is 15.6. The summed E-state index contributed by atoms with van der Waals surface area (Å²) >= 11 is 0. The lowest BCUT2D eigenvalue weighted by Gasteiger charge is -2.23. The summed E-state index contributed by atoms with van der Waals surface area (Å²) in [6.45, 7) is 8.44. The van der Waals surface area contributed by atoms with E-state index in [0.29, 0.717) is 11.4 Å². The van der Waals surface area contributed by atoms with Gasteiger partial charge in [0.1, 0.15) is 11.4 Å². The molecular weight excluding hydrogens is 318 g/mol. The number of phenolic OH excluding ortho intramolecular Hbond substituents is 1. The van der Waals surface area contributed by atoms with Gasteiger partial charge < -0.3 is 25.4 Å². The third-order valence-electron chi connectivity index (χ3n) is 4.80. The summed E-state index contributed by atoms with van der Waals surface area (Å²) in [4.78, 5) is 13.8. The number of hydrogen-bond acceptors (Lipinski definition) is 5. The molecule has 25 heavy (non-hydrogen) atoms. The smallest absolute Gasteiger partial charge is 0.262 e. The highest BCUT2D eigenvalue weighted by atomic mass is 16.5. The van der Waals surface area contributed by atoms with E-state index in [1.54, 1.807) is 6.07 Å². The molecule has 3 N–H and O–H groups in total. The molecule has 1 aliphatic rings. The van der Waals surface area contributed by atoms with Crippen molar-refractivity contribution in [2.45, 2.75) is 33.1 Å². The van der Waals surface area contributed by atoms with Crippen molar-refractivity contribution >= 4 is 11.6 Å². The van der Waals surface area contributed by atoms with Crippen LogP contribution in [-0.4, -0.2) is 55.7 Å². The van der Waals surface area contributed by atoms with Crippen molar-refractivity contribution in [3.8, 4) is 11.5 Å². The second-order valence-electron chi connectivity index (χ2n) is 6.73. The highest BCUT2D eigenvalue weighted by molar-refractivity contribution is 5.97. The van der Waals surface area contributed by atoms with Gasteiger partial charge in [-0.15, -0.1) is 0 Å². The highest BCUT2D eigenvalue weighted by Gasteiger charge is 2.22. The molecule has 0 spiro atoms. The number of nitrogens with zero attached hydrogens (tertiary/aromatic N) is 1. The lowest BCUT2D eigenvalue weighted by Crippen LogP contribution is -2.33. The molecule has 6 nitrogen and oxygen atoms in total. The maximum Gasteiger partial charge on any atom is 0.262 e. The molecular formula is C19H31N3O3. The van der Waals surface area contributed by atoms with Crippen LogP contribution in [0.2, 0.25) is 0 Å². The van der Waals surface area contributed by atoms with Gasteiger partial charge in [-0.25, -0.2) is 0 Å². The van der Waals surface area contributed by atoms with Gasteiger partial charge in [-0.05, 0) is 37.6 Å². The molecule has 1 amide bonds. The van der Waals surface area contributed by atoms with Crippen LogP contribution in [0.4, 0.5) is 5.69 Å². The summed E-state index contributed by atoms with van der Waals surface area (Å²) in [5.74, 6) is 1.18. The monoisotopic (exact) mass is 349 g/mol. The van der Waals surface area contributed by atoms with E-state index in [4.69, 9.17) is 4.74 Å². The van der Waals surface area contributed by atoms with Crippen LogP contribution in [0, 0.1) is 5.92 Å². The van der Waals surface area contributed by atoms with Gasteiger partial charge in [0, 0.05) is 19.6 Å². The molecule has 1 heterocycles. The molecule has 0 atom stereocenters. The van der Waals surface area contributed by atoms with E-state index >= 15 is 0 Å². The Balaban J connectivity index is 1.76. The van der Waals surface area contributed by atoms with Crippen LogP contribution >= 0.6 is 0 Å². The van der Waals surface area contributed by atoms with Crippen LogP contribution < -0.4 is 15.4 Å². The summed E-state index contributed by atoms with van der Waals surface area (Å²) in [6, 6.07) is 3.46. The van der Waals surface area contributed by atoms with Crippen LogP contribution in [0.25, 0.3) is 0 Å². The average Bonchev–Trinajstić information content (AvgIpc) is 2.61. The van der Waals surface area contributed by atoms with Crippen molar-refractivity contribution in [3.05, 3.63) is 17.7 Å². The van der Waals surface area contributed by atoms with E-state index in [0.717, 1.165) is 44.1 Å². The Hall–Kier alpha value is -1.79. The van der Waals surface area contributed by atoms with Gasteiger partial charge in [0.25, 0.3) is 5.91 Å². The number of fused-ring (bicyclic) bond motifs is 1. The van der Waals surface area contributed by atoms with Gasteiger partial charge in [0.2, 0.25) is 0 Å². The van der Waals surface area contributed by atoms with E-state index in [2.05, 4.69) is 36.4 Å². The summed E-state index contributed by atoms with van der Waals surface area (Å²) in [5.41, 5.74) is 1.38. The van der Waals surface area contributed by atoms with E-state index < -0.39 is 0 Å². The molecule has 0 unspecified atom stereocenters. The maximum atomic E-state index is 11.4. The first-order valence-electron chi connectivity index (χ1n) is 9.21. The number of anilines is 1. The Labute approximate surface area is 150 Å². The van der Waals surface area contributed by atoms with Gasteiger partial charge in [0.05, 0.1) is 0 Å². The van der Waals surface area contributed by atoms with Crippen molar-refractivity contribution < 1.29 is 14.6 Å². The van der Waals surface area contributed by atoms with Crippen LogP contribution in [0.3, 0.4) is 0 Å². The van der Waals surface area contributed by atoms with Gasteiger partial charge in [-0.3, -0.25) is 4.79 Å². The summed E-state index contributed by atoms with van der Waals surface area (Å²) in [5, 5.41) is 16.0. The molecule has 1 aromatic carbocycles. The fourth-order valence-corrected chi connectivity index (χ4v) is 3.11.